The Hall–Kier alpha value is -3.52. The zero-order chi connectivity index (χ0) is 24.7. The Morgan fingerprint density at radius 1 is 0.486 bits per heavy atom. The number of aryl methyl sites for hydroxylation is 6. The van der Waals surface area contributed by atoms with Crippen molar-refractivity contribution in [1.29, 1.82) is 0 Å². The Bertz CT molecular complexity index is 1190. The first kappa shape index (κ1) is 23.2. The van der Waals surface area contributed by atoms with E-state index in [-0.39, 0.29) is 12.1 Å². The summed E-state index contributed by atoms with van der Waals surface area (Å²) in [4.78, 5) is 5.30. The molecular formula is C33H36N2. The number of rotatable bonds is 4. The van der Waals surface area contributed by atoms with Crippen molar-refractivity contribution in [3.8, 4) is 0 Å². The van der Waals surface area contributed by atoms with Crippen LogP contribution in [0.15, 0.2) is 84.9 Å². The van der Waals surface area contributed by atoms with Gasteiger partial charge in [-0.05, 0) is 74.9 Å². The number of anilines is 2. The van der Waals surface area contributed by atoms with Crippen LogP contribution in [0.2, 0.25) is 0 Å². The van der Waals surface area contributed by atoms with E-state index in [0.717, 1.165) is 6.67 Å². The van der Waals surface area contributed by atoms with Crippen molar-refractivity contribution in [2.75, 3.05) is 16.5 Å². The van der Waals surface area contributed by atoms with Crippen molar-refractivity contribution in [2.24, 2.45) is 0 Å². The summed E-state index contributed by atoms with van der Waals surface area (Å²) in [6, 6.07) is 31.8. The fourth-order valence-corrected chi connectivity index (χ4v) is 6.38. The van der Waals surface area contributed by atoms with Gasteiger partial charge in [0.1, 0.15) is 0 Å². The van der Waals surface area contributed by atoms with Crippen molar-refractivity contribution in [2.45, 2.75) is 53.6 Å². The number of nitrogens with zero attached hydrogens (tertiary/aromatic N) is 2. The normalized spacial score (nSPS) is 17.8. The van der Waals surface area contributed by atoms with E-state index in [1.165, 1.54) is 55.9 Å². The smallest absolute Gasteiger partial charge is 0.0917 e. The predicted molar refractivity (Wildman–Crippen MR) is 149 cm³/mol. The zero-order valence-electron chi connectivity index (χ0n) is 21.8. The lowest BCUT2D eigenvalue weighted by molar-refractivity contribution is 0.616. The van der Waals surface area contributed by atoms with Gasteiger partial charge in [-0.25, -0.2) is 0 Å². The molecule has 0 amide bonds. The molecule has 0 aromatic heterocycles. The molecule has 2 unspecified atom stereocenters. The van der Waals surface area contributed by atoms with E-state index in [4.69, 9.17) is 0 Å². The van der Waals surface area contributed by atoms with Crippen LogP contribution < -0.4 is 9.80 Å². The third kappa shape index (κ3) is 4.23. The van der Waals surface area contributed by atoms with Gasteiger partial charge in [-0.15, -0.1) is 0 Å². The maximum absolute atomic E-state index is 2.65. The van der Waals surface area contributed by atoms with Gasteiger partial charge in [0.15, 0.2) is 0 Å². The van der Waals surface area contributed by atoms with E-state index < -0.39 is 0 Å². The van der Waals surface area contributed by atoms with Crippen molar-refractivity contribution < 1.29 is 0 Å². The van der Waals surface area contributed by atoms with Gasteiger partial charge < -0.3 is 9.80 Å². The highest BCUT2D eigenvalue weighted by Crippen LogP contribution is 2.50. The molecule has 1 aliphatic rings. The maximum atomic E-state index is 2.65. The SMILES string of the molecule is Cc1cc(C)c(N2CN(c3c(C)cc(C)cc3C)C(c3ccccc3)C2c2ccccc2)c(C)c1. The summed E-state index contributed by atoms with van der Waals surface area (Å²) in [5.74, 6) is 0. The van der Waals surface area contributed by atoms with Gasteiger partial charge in [-0.2, -0.15) is 0 Å². The van der Waals surface area contributed by atoms with Crippen LogP contribution in [-0.4, -0.2) is 6.67 Å². The van der Waals surface area contributed by atoms with E-state index in [1.807, 2.05) is 0 Å². The monoisotopic (exact) mass is 460 g/mol. The molecule has 0 spiro atoms. The summed E-state index contributed by atoms with van der Waals surface area (Å²) in [6.07, 6.45) is 0. The first-order valence-corrected chi connectivity index (χ1v) is 12.6. The van der Waals surface area contributed by atoms with Crippen LogP contribution in [-0.2, 0) is 0 Å². The minimum atomic E-state index is 0.193. The van der Waals surface area contributed by atoms with Gasteiger partial charge in [-0.3, -0.25) is 0 Å². The van der Waals surface area contributed by atoms with Gasteiger partial charge in [0.2, 0.25) is 0 Å². The Labute approximate surface area is 210 Å². The first-order valence-electron chi connectivity index (χ1n) is 12.6. The summed E-state index contributed by atoms with van der Waals surface area (Å²) >= 11 is 0. The molecule has 178 valence electrons. The topological polar surface area (TPSA) is 6.48 Å². The molecule has 1 aliphatic heterocycles. The average molecular weight is 461 g/mol. The van der Waals surface area contributed by atoms with Crippen LogP contribution in [0.3, 0.4) is 0 Å². The molecule has 1 saturated heterocycles. The number of hydrogen-bond donors (Lipinski definition) is 0. The Morgan fingerprint density at radius 2 is 0.800 bits per heavy atom. The lowest BCUT2D eigenvalue weighted by Crippen LogP contribution is -2.28. The maximum Gasteiger partial charge on any atom is 0.0917 e. The highest BCUT2D eigenvalue weighted by atomic mass is 15.4. The minimum Gasteiger partial charge on any atom is -0.344 e. The second-order valence-corrected chi connectivity index (χ2v) is 10.3. The Morgan fingerprint density at radius 3 is 1.11 bits per heavy atom. The molecule has 5 rings (SSSR count). The lowest BCUT2D eigenvalue weighted by Gasteiger charge is -2.32. The molecule has 1 fully saturated rings. The molecule has 35 heavy (non-hydrogen) atoms. The van der Waals surface area contributed by atoms with Gasteiger partial charge >= 0.3 is 0 Å². The molecule has 2 heteroatoms. The lowest BCUT2D eigenvalue weighted by atomic mass is 9.91. The largest absolute Gasteiger partial charge is 0.344 e. The van der Waals surface area contributed by atoms with Crippen LogP contribution in [0, 0.1) is 41.5 Å². The summed E-state index contributed by atoms with van der Waals surface area (Å²) in [5, 5.41) is 0. The summed E-state index contributed by atoms with van der Waals surface area (Å²) in [7, 11) is 0. The van der Waals surface area contributed by atoms with Crippen molar-refractivity contribution in [1.82, 2.24) is 0 Å². The van der Waals surface area contributed by atoms with Crippen LogP contribution in [0.5, 0.6) is 0 Å². The number of hydrogen-bond acceptors (Lipinski definition) is 2. The van der Waals surface area contributed by atoms with Gasteiger partial charge in [-0.1, -0.05) is 96.1 Å². The third-order valence-corrected chi connectivity index (χ3v) is 7.40. The molecule has 0 bridgehead atoms. The van der Waals surface area contributed by atoms with Crippen molar-refractivity contribution in [3.63, 3.8) is 0 Å². The fourth-order valence-electron chi connectivity index (χ4n) is 6.38. The Kier molecular flexibility index (Phi) is 6.15. The van der Waals surface area contributed by atoms with E-state index in [1.54, 1.807) is 0 Å². The van der Waals surface area contributed by atoms with Crippen molar-refractivity contribution in [3.05, 3.63) is 129 Å². The minimum absolute atomic E-state index is 0.193. The van der Waals surface area contributed by atoms with E-state index >= 15 is 0 Å². The molecule has 0 radical (unpaired) electrons. The van der Waals surface area contributed by atoms with Crippen molar-refractivity contribution >= 4 is 11.4 Å². The molecule has 4 aromatic carbocycles. The van der Waals surface area contributed by atoms with E-state index in [0.29, 0.717) is 0 Å². The Balaban J connectivity index is 1.78. The first-order chi connectivity index (χ1) is 16.8. The third-order valence-electron chi connectivity index (χ3n) is 7.40. The highest BCUT2D eigenvalue weighted by Gasteiger charge is 2.43. The molecule has 1 heterocycles. The fraction of sp³-hybridized carbons (Fsp3) is 0.273. The highest BCUT2D eigenvalue weighted by molar-refractivity contribution is 5.69. The molecule has 0 saturated carbocycles. The number of benzene rings is 4. The van der Waals surface area contributed by atoms with Gasteiger partial charge in [0, 0.05) is 11.4 Å². The summed E-state index contributed by atoms with van der Waals surface area (Å²) in [5.41, 5.74) is 13.4. The molecule has 2 atom stereocenters. The second kappa shape index (κ2) is 9.26. The zero-order valence-corrected chi connectivity index (χ0v) is 21.8. The average Bonchev–Trinajstić information content (AvgIpc) is 3.18. The van der Waals surface area contributed by atoms with Crippen LogP contribution in [0.25, 0.3) is 0 Å². The molecule has 4 aromatic rings. The second-order valence-electron chi connectivity index (χ2n) is 10.3. The standard InChI is InChI=1S/C33H36N2/c1-22-17-24(3)30(25(4)18-22)34-21-35(31-26(5)19-23(2)20-27(31)6)33(29-15-11-8-12-16-29)32(34)28-13-9-7-10-14-28/h7-20,32-33H,21H2,1-6H3. The van der Waals surface area contributed by atoms with Crippen LogP contribution >= 0.6 is 0 Å². The quantitative estimate of drug-likeness (QED) is 0.302. The molecule has 0 N–H and O–H groups in total. The molecule has 2 nitrogen and oxygen atoms in total. The van der Waals surface area contributed by atoms with Gasteiger partial charge in [0.25, 0.3) is 0 Å². The molecular weight excluding hydrogens is 424 g/mol. The van der Waals surface area contributed by atoms with Crippen LogP contribution in [0.4, 0.5) is 11.4 Å². The van der Waals surface area contributed by atoms with Gasteiger partial charge in [0.05, 0.1) is 18.8 Å². The summed E-state index contributed by atoms with van der Waals surface area (Å²) < 4.78 is 0. The molecule has 0 aliphatic carbocycles. The predicted octanol–water partition coefficient (Wildman–Crippen LogP) is 8.30. The van der Waals surface area contributed by atoms with E-state index in [9.17, 15) is 0 Å². The summed E-state index contributed by atoms with van der Waals surface area (Å²) in [6.45, 7) is 14.3. The van der Waals surface area contributed by atoms with E-state index in [2.05, 4.69) is 136 Å². The van der Waals surface area contributed by atoms with Crippen LogP contribution in [0.1, 0.15) is 56.6 Å².